The lowest BCUT2D eigenvalue weighted by atomic mass is 10.3. The first-order valence-electron chi connectivity index (χ1n) is 7.54. The molecule has 0 saturated heterocycles. The van der Waals surface area contributed by atoms with Crippen molar-refractivity contribution in [1.29, 1.82) is 0 Å². The minimum atomic E-state index is -0.343. The Hall–Kier alpha value is -3.34. The van der Waals surface area contributed by atoms with Gasteiger partial charge in [-0.3, -0.25) is 5.32 Å². The van der Waals surface area contributed by atoms with Crippen LogP contribution in [0.2, 0.25) is 0 Å². The molecule has 0 spiro atoms. The van der Waals surface area contributed by atoms with Gasteiger partial charge in [0.15, 0.2) is 0 Å². The van der Waals surface area contributed by atoms with Crippen LogP contribution in [0.15, 0.2) is 72.8 Å². The zero-order valence-electron chi connectivity index (χ0n) is 13.2. The van der Waals surface area contributed by atoms with E-state index in [9.17, 15) is 4.79 Å². The number of hydrogen-bond acceptors (Lipinski definition) is 3. The van der Waals surface area contributed by atoms with Gasteiger partial charge in [0, 0.05) is 11.4 Å². The number of anilines is 2. The Morgan fingerprint density at radius 3 is 2.25 bits per heavy atom. The number of ether oxygens (including phenoxy) is 1. The van der Waals surface area contributed by atoms with E-state index in [0.29, 0.717) is 17.3 Å². The first-order chi connectivity index (χ1) is 11.7. The first kappa shape index (κ1) is 15.6. The normalized spacial score (nSPS) is 10.0. The van der Waals surface area contributed by atoms with Gasteiger partial charge in [-0.25, -0.2) is 9.78 Å². The molecule has 24 heavy (non-hydrogen) atoms. The number of benzene rings is 2. The standard InChI is InChI=1S/C19H17N3O2/c1-14-6-5-9-18(20-14)22-19(23)21-15-10-12-17(13-11-15)24-16-7-3-2-4-8-16/h2-13H,1H3,(H2,20,21,22,23). The zero-order chi connectivity index (χ0) is 16.8. The molecular formula is C19H17N3O2. The SMILES string of the molecule is Cc1cccc(NC(=O)Nc2ccc(Oc3ccccc3)cc2)n1. The summed E-state index contributed by atoms with van der Waals surface area (Å²) in [4.78, 5) is 16.2. The summed E-state index contributed by atoms with van der Waals surface area (Å²) in [5.74, 6) is 1.98. The molecule has 2 amide bonds. The second-order valence-electron chi connectivity index (χ2n) is 5.18. The van der Waals surface area contributed by atoms with Crippen molar-refractivity contribution in [3.05, 3.63) is 78.5 Å². The van der Waals surface area contributed by atoms with Crippen LogP contribution in [0.1, 0.15) is 5.69 Å². The van der Waals surface area contributed by atoms with Crippen molar-refractivity contribution in [3.63, 3.8) is 0 Å². The molecule has 2 aromatic carbocycles. The topological polar surface area (TPSA) is 63.2 Å². The van der Waals surface area contributed by atoms with E-state index in [1.54, 1.807) is 30.3 Å². The van der Waals surface area contributed by atoms with Gasteiger partial charge in [0.05, 0.1) is 0 Å². The molecule has 0 bridgehead atoms. The molecule has 0 radical (unpaired) electrons. The molecule has 1 aromatic heterocycles. The number of nitrogens with zero attached hydrogens (tertiary/aromatic N) is 1. The van der Waals surface area contributed by atoms with Crippen LogP contribution in [0.25, 0.3) is 0 Å². The lowest BCUT2D eigenvalue weighted by Crippen LogP contribution is -2.20. The molecule has 0 unspecified atom stereocenters. The summed E-state index contributed by atoms with van der Waals surface area (Å²) in [5.41, 5.74) is 1.51. The molecule has 5 nitrogen and oxygen atoms in total. The Labute approximate surface area is 140 Å². The van der Waals surface area contributed by atoms with Crippen LogP contribution in [0.5, 0.6) is 11.5 Å². The number of amides is 2. The third-order valence-electron chi connectivity index (χ3n) is 3.22. The van der Waals surface area contributed by atoms with Crippen LogP contribution in [0.4, 0.5) is 16.3 Å². The first-order valence-corrected chi connectivity index (χ1v) is 7.54. The Bertz CT molecular complexity index is 818. The van der Waals surface area contributed by atoms with Crippen molar-refractivity contribution in [1.82, 2.24) is 4.98 Å². The third-order valence-corrected chi connectivity index (χ3v) is 3.22. The molecule has 2 N–H and O–H groups in total. The monoisotopic (exact) mass is 319 g/mol. The summed E-state index contributed by atoms with van der Waals surface area (Å²) in [6.45, 7) is 1.87. The highest BCUT2D eigenvalue weighted by Gasteiger charge is 2.04. The van der Waals surface area contributed by atoms with Crippen LogP contribution in [0, 0.1) is 6.92 Å². The van der Waals surface area contributed by atoms with Crippen LogP contribution < -0.4 is 15.4 Å². The second kappa shape index (κ2) is 7.28. The van der Waals surface area contributed by atoms with Crippen LogP contribution in [0.3, 0.4) is 0 Å². The average Bonchev–Trinajstić information content (AvgIpc) is 2.57. The van der Waals surface area contributed by atoms with Crippen LogP contribution in [-0.4, -0.2) is 11.0 Å². The lowest BCUT2D eigenvalue weighted by Gasteiger charge is -2.09. The number of nitrogens with one attached hydrogen (secondary N) is 2. The maximum absolute atomic E-state index is 12.0. The molecule has 3 aromatic rings. The second-order valence-corrected chi connectivity index (χ2v) is 5.18. The maximum Gasteiger partial charge on any atom is 0.324 e. The van der Waals surface area contributed by atoms with Gasteiger partial charge in [-0.2, -0.15) is 0 Å². The Kier molecular flexibility index (Phi) is 4.72. The van der Waals surface area contributed by atoms with E-state index in [1.165, 1.54) is 0 Å². The molecule has 0 atom stereocenters. The summed E-state index contributed by atoms with van der Waals surface area (Å²) in [6, 6.07) is 21.8. The highest BCUT2D eigenvalue weighted by molar-refractivity contribution is 5.99. The third kappa shape index (κ3) is 4.33. The molecule has 5 heteroatoms. The fourth-order valence-corrected chi connectivity index (χ4v) is 2.12. The minimum Gasteiger partial charge on any atom is -0.457 e. The predicted molar refractivity (Wildman–Crippen MR) is 94.6 cm³/mol. The number of aromatic nitrogens is 1. The highest BCUT2D eigenvalue weighted by Crippen LogP contribution is 2.22. The molecule has 1 heterocycles. The zero-order valence-corrected chi connectivity index (χ0v) is 13.2. The summed E-state index contributed by atoms with van der Waals surface area (Å²) in [7, 11) is 0. The van der Waals surface area contributed by atoms with Gasteiger partial charge < -0.3 is 10.1 Å². The molecule has 3 rings (SSSR count). The average molecular weight is 319 g/mol. The smallest absolute Gasteiger partial charge is 0.324 e. The van der Waals surface area contributed by atoms with Crippen molar-refractivity contribution in [3.8, 4) is 11.5 Å². The number of aryl methyl sites for hydroxylation is 1. The predicted octanol–water partition coefficient (Wildman–Crippen LogP) is 4.83. The van der Waals surface area contributed by atoms with Crippen molar-refractivity contribution < 1.29 is 9.53 Å². The number of hydrogen-bond donors (Lipinski definition) is 2. The van der Waals surface area contributed by atoms with Crippen molar-refractivity contribution >= 4 is 17.5 Å². The summed E-state index contributed by atoms with van der Waals surface area (Å²) < 4.78 is 5.71. The molecule has 0 aliphatic rings. The number of rotatable bonds is 4. The lowest BCUT2D eigenvalue weighted by molar-refractivity contribution is 0.262. The molecule has 120 valence electrons. The molecule has 0 aliphatic heterocycles. The van der Waals surface area contributed by atoms with Gasteiger partial charge in [-0.15, -0.1) is 0 Å². The van der Waals surface area contributed by atoms with Crippen molar-refractivity contribution in [2.75, 3.05) is 10.6 Å². The number of carbonyl (C=O) groups is 1. The van der Waals surface area contributed by atoms with Crippen LogP contribution >= 0.6 is 0 Å². The summed E-state index contributed by atoms with van der Waals surface area (Å²) in [5, 5.41) is 5.45. The van der Waals surface area contributed by atoms with Gasteiger partial charge >= 0.3 is 6.03 Å². The summed E-state index contributed by atoms with van der Waals surface area (Å²) in [6.07, 6.45) is 0. The molecule has 0 saturated carbocycles. The van der Waals surface area contributed by atoms with Gasteiger partial charge in [-0.1, -0.05) is 24.3 Å². The van der Waals surface area contributed by atoms with Gasteiger partial charge in [-0.05, 0) is 55.5 Å². The fourth-order valence-electron chi connectivity index (χ4n) is 2.12. The van der Waals surface area contributed by atoms with E-state index < -0.39 is 0 Å². The Balaban J connectivity index is 1.58. The van der Waals surface area contributed by atoms with Crippen LogP contribution in [-0.2, 0) is 0 Å². The Morgan fingerprint density at radius 2 is 1.54 bits per heavy atom. The number of para-hydroxylation sites is 1. The quantitative estimate of drug-likeness (QED) is 0.724. The van der Waals surface area contributed by atoms with E-state index in [0.717, 1.165) is 11.4 Å². The van der Waals surface area contributed by atoms with Gasteiger partial charge in [0.1, 0.15) is 17.3 Å². The number of pyridine rings is 1. The summed E-state index contributed by atoms with van der Waals surface area (Å²) >= 11 is 0. The van der Waals surface area contributed by atoms with Crippen molar-refractivity contribution in [2.45, 2.75) is 6.92 Å². The fraction of sp³-hybridized carbons (Fsp3) is 0.0526. The van der Waals surface area contributed by atoms with Crippen molar-refractivity contribution in [2.24, 2.45) is 0 Å². The maximum atomic E-state index is 12.0. The Morgan fingerprint density at radius 1 is 0.833 bits per heavy atom. The molecular weight excluding hydrogens is 302 g/mol. The minimum absolute atomic E-state index is 0.343. The van der Waals surface area contributed by atoms with E-state index in [-0.39, 0.29) is 6.03 Å². The highest BCUT2D eigenvalue weighted by atomic mass is 16.5. The van der Waals surface area contributed by atoms with E-state index in [1.807, 2.05) is 49.4 Å². The number of carbonyl (C=O) groups excluding carboxylic acids is 1. The van der Waals surface area contributed by atoms with E-state index in [4.69, 9.17) is 4.74 Å². The van der Waals surface area contributed by atoms with E-state index >= 15 is 0 Å². The van der Waals surface area contributed by atoms with Gasteiger partial charge in [0.2, 0.25) is 0 Å². The van der Waals surface area contributed by atoms with Gasteiger partial charge in [0.25, 0.3) is 0 Å². The number of urea groups is 1. The molecule has 0 aliphatic carbocycles. The largest absolute Gasteiger partial charge is 0.457 e. The molecule has 0 fully saturated rings. The van der Waals surface area contributed by atoms with E-state index in [2.05, 4.69) is 15.6 Å².